The van der Waals surface area contributed by atoms with Gasteiger partial charge in [0, 0.05) is 23.9 Å². The van der Waals surface area contributed by atoms with Crippen molar-refractivity contribution in [1.82, 2.24) is 15.6 Å². The molecule has 1 amide bonds. The summed E-state index contributed by atoms with van der Waals surface area (Å²) in [4.78, 5) is 20.8. The van der Waals surface area contributed by atoms with Gasteiger partial charge in [-0.05, 0) is 18.2 Å². The van der Waals surface area contributed by atoms with Crippen LogP contribution in [-0.2, 0) is 0 Å². The normalized spacial score (nSPS) is 12.7. The smallest absolute Gasteiger partial charge is 0.262 e. The van der Waals surface area contributed by atoms with Crippen LogP contribution in [0.4, 0.5) is 0 Å². The third kappa shape index (κ3) is 3.07. The number of phenols is 1. The fourth-order valence-electron chi connectivity index (χ4n) is 2.60. The number of hydrogen-bond donors (Lipinski definition) is 3. The number of nitriles is 1. The van der Waals surface area contributed by atoms with Gasteiger partial charge in [-0.2, -0.15) is 5.26 Å². The number of ether oxygens (including phenoxy) is 1. The molecule has 0 fully saturated rings. The van der Waals surface area contributed by atoms with E-state index < -0.39 is 5.91 Å². The zero-order valence-electron chi connectivity index (χ0n) is 13.4. The van der Waals surface area contributed by atoms with Crippen LogP contribution in [0.25, 0.3) is 11.1 Å². The summed E-state index contributed by atoms with van der Waals surface area (Å²) in [6.07, 6.45) is 3.00. The van der Waals surface area contributed by atoms with Crippen LogP contribution in [0.3, 0.4) is 0 Å². The van der Waals surface area contributed by atoms with E-state index in [1.165, 1.54) is 31.6 Å². The first-order valence-corrected chi connectivity index (χ1v) is 7.49. The molecule has 126 valence electrons. The maximum absolute atomic E-state index is 12.7. The molecule has 2 heterocycles. The zero-order valence-corrected chi connectivity index (χ0v) is 13.4. The number of phenolic OH excluding ortho intramolecular Hbond substituents is 1. The lowest BCUT2D eigenvalue weighted by Gasteiger charge is -2.15. The molecule has 2 aromatic rings. The molecule has 3 rings (SSSR count). The summed E-state index contributed by atoms with van der Waals surface area (Å²) >= 11 is 0. The lowest BCUT2D eigenvalue weighted by Crippen LogP contribution is -2.38. The molecule has 0 unspecified atom stereocenters. The average molecular weight is 337 g/mol. The Labute approximate surface area is 143 Å². The molecule has 0 bridgehead atoms. The van der Waals surface area contributed by atoms with Crippen molar-refractivity contribution in [3.63, 3.8) is 0 Å². The van der Waals surface area contributed by atoms with Gasteiger partial charge in [-0.3, -0.25) is 20.1 Å². The standard InChI is InChI=1S/C17H15N5O3/c1-25-13-9-19-5-4-11(13)14-10(8-18)2-3-12(23)15(14)16(24)22-17-20-6-7-21-17/h2-5,9,23H,6-7H2,1H3,(H2,20,21,22,24). The van der Waals surface area contributed by atoms with Crippen LogP contribution in [0.2, 0.25) is 0 Å². The predicted molar refractivity (Wildman–Crippen MR) is 90.4 cm³/mol. The highest BCUT2D eigenvalue weighted by Crippen LogP contribution is 2.37. The summed E-state index contributed by atoms with van der Waals surface area (Å²) in [6.45, 7) is 1.19. The minimum atomic E-state index is -0.573. The second kappa shape index (κ2) is 6.88. The monoisotopic (exact) mass is 337 g/mol. The number of methoxy groups -OCH3 is 1. The lowest BCUT2D eigenvalue weighted by molar-refractivity contribution is 0.0974. The highest BCUT2D eigenvalue weighted by molar-refractivity contribution is 6.12. The highest BCUT2D eigenvalue weighted by Gasteiger charge is 2.24. The van der Waals surface area contributed by atoms with Gasteiger partial charge in [0.2, 0.25) is 0 Å². The van der Waals surface area contributed by atoms with Crippen LogP contribution < -0.4 is 15.4 Å². The third-order valence-electron chi connectivity index (χ3n) is 3.71. The molecule has 8 nitrogen and oxygen atoms in total. The molecular weight excluding hydrogens is 322 g/mol. The zero-order chi connectivity index (χ0) is 17.8. The average Bonchev–Trinajstić information content (AvgIpc) is 3.14. The van der Waals surface area contributed by atoms with Crippen molar-refractivity contribution in [1.29, 1.82) is 5.26 Å². The maximum Gasteiger partial charge on any atom is 0.262 e. The second-order valence-electron chi connectivity index (χ2n) is 5.18. The number of carbonyl (C=O) groups is 1. The molecule has 3 N–H and O–H groups in total. The Morgan fingerprint density at radius 2 is 2.28 bits per heavy atom. The number of guanidine groups is 1. The van der Waals surface area contributed by atoms with Crippen molar-refractivity contribution in [2.75, 3.05) is 20.2 Å². The van der Waals surface area contributed by atoms with Gasteiger partial charge < -0.3 is 15.2 Å². The van der Waals surface area contributed by atoms with Crippen molar-refractivity contribution in [2.24, 2.45) is 4.99 Å². The SMILES string of the molecule is COc1cnccc1-c1c(C#N)ccc(O)c1C(=O)NC1=NCCN1. The number of hydrogen-bond acceptors (Lipinski definition) is 7. The van der Waals surface area contributed by atoms with E-state index in [-0.39, 0.29) is 22.4 Å². The molecule has 25 heavy (non-hydrogen) atoms. The quantitative estimate of drug-likeness (QED) is 0.769. The number of aromatic hydroxyl groups is 1. The summed E-state index contributed by atoms with van der Waals surface area (Å²) in [6, 6.07) is 6.44. The minimum Gasteiger partial charge on any atom is -0.507 e. The summed E-state index contributed by atoms with van der Waals surface area (Å²) in [5.74, 6) is -0.102. The van der Waals surface area contributed by atoms with Gasteiger partial charge in [-0.25, -0.2) is 0 Å². The molecule has 0 atom stereocenters. The van der Waals surface area contributed by atoms with Gasteiger partial charge >= 0.3 is 0 Å². The van der Waals surface area contributed by atoms with Crippen LogP contribution in [0, 0.1) is 11.3 Å². The van der Waals surface area contributed by atoms with Crippen LogP contribution in [0.15, 0.2) is 35.6 Å². The van der Waals surface area contributed by atoms with E-state index in [9.17, 15) is 15.2 Å². The van der Waals surface area contributed by atoms with Gasteiger partial charge in [0.25, 0.3) is 5.91 Å². The van der Waals surface area contributed by atoms with Crippen molar-refractivity contribution in [3.05, 3.63) is 41.7 Å². The van der Waals surface area contributed by atoms with E-state index >= 15 is 0 Å². The molecule has 0 saturated carbocycles. The third-order valence-corrected chi connectivity index (χ3v) is 3.71. The molecule has 0 aliphatic carbocycles. The fourth-order valence-corrected chi connectivity index (χ4v) is 2.60. The molecule has 0 spiro atoms. The molecular formula is C17H15N5O3. The number of amides is 1. The van der Waals surface area contributed by atoms with E-state index in [1.54, 1.807) is 6.07 Å². The molecule has 1 aromatic heterocycles. The Kier molecular flexibility index (Phi) is 4.48. The number of carbonyl (C=O) groups excluding carboxylic acids is 1. The molecule has 0 saturated heterocycles. The first-order valence-electron chi connectivity index (χ1n) is 7.49. The van der Waals surface area contributed by atoms with Crippen LogP contribution >= 0.6 is 0 Å². The largest absolute Gasteiger partial charge is 0.507 e. The number of aliphatic imine (C=N–C) groups is 1. The predicted octanol–water partition coefficient (Wildman–Crippen LogP) is 1.02. The number of pyridine rings is 1. The fraction of sp³-hybridized carbons (Fsp3) is 0.176. The number of aromatic nitrogens is 1. The van der Waals surface area contributed by atoms with Crippen molar-refractivity contribution in [2.45, 2.75) is 0 Å². The number of benzene rings is 1. The van der Waals surface area contributed by atoms with Crippen LogP contribution in [0.1, 0.15) is 15.9 Å². The molecule has 1 aromatic carbocycles. The maximum atomic E-state index is 12.7. The Hall–Kier alpha value is -3.60. The van der Waals surface area contributed by atoms with Crippen LogP contribution in [-0.4, -0.2) is 42.2 Å². The van der Waals surface area contributed by atoms with Gasteiger partial charge in [0.15, 0.2) is 5.96 Å². The minimum absolute atomic E-state index is 0.0278. The summed E-state index contributed by atoms with van der Waals surface area (Å²) in [7, 11) is 1.46. The Morgan fingerprint density at radius 3 is 2.96 bits per heavy atom. The Balaban J connectivity index is 2.17. The summed E-state index contributed by atoms with van der Waals surface area (Å²) in [5.41, 5.74) is 0.961. The lowest BCUT2D eigenvalue weighted by atomic mass is 9.93. The number of nitrogens with zero attached hydrogens (tertiary/aromatic N) is 3. The number of nitrogens with one attached hydrogen (secondary N) is 2. The van der Waals surface area contributed by atoms with E-state index in [1.807, 2.05) is 6.07 Å². The van der Waals surface area contributed by atoms with Gasteiger partial charge in [-0.1, -0.05) is 0 Å². The molecule has 0 radical (unpaired) electrons. The van der Waals surface area contributed by atoms with Crippen molar-refractivity contribution in [3.8, 4) is 28.7 Å². The topological polar surface area (TPSA) is 120 Å². The second-order valence-corrected chi connectivity index (χ2v) is 5.18. The number of rotatable bonds is 3. The Morgan fingerprint density at radius 1 is 1.44 bits per heavy atom. The van der Waals surface area contributed by atoms with Gasteiger partial charge in [0.05, 0.1) is 37.0 Å². The van der Waals surface area contributed by atoms with E-state index in [0.717, 1.165) is 0 Å². The highest BCUT2D eigenvalue weighted by atomic mass is 16.5. The van der Waals surface area contributed by atoms with Gasteiger partial charge in [-0.15, -0.1) is 0 Å². The van der Waals surface area contributed by atoms with E-state index in [4.69, 9.17) is 4.74 Å². The first-order chi connectivity index (χ1) is 12.2. The molecule has 1 aliphatic rings. The van der Waals surface area contributed by atoms with Crippen molar-refractivity contribution < 1.29 is 14.6 Å². The van der Waals surface area contributed by atoms with E-state index in [0.29, 0.717) is 30.4 Å². The molecule has 1 aliphatic heterocycles. The first kappa shape index (κ1) is 16.3. The molecule has 8 heteroatoms. The van der Waals surface area contributed by atoms with E-state index in [2.05, 4.69) is 20.6 Å². The van der Waals surface area contributed by atoms with Crippen LogP contribution in [0.5, 0.6) is 11.5 Å². The van der Waals surface area contributed by atoms with Gasteiger partial charge in [0.1, 0.15) is 11.5 Å². The summed E-state index contributed by atoms with van der Waals surface area (Å²) in [5, 5.41) is 25.3. The summed E-state index contributed by atoms with van der Waals surface area (Å²) < 4.78 is 5.29. The Bertz CT molecular complexity index is 902. The van der Waals surface area contributed by atoms with Crippen molar-refractivity contribution >= 4 is 11.9 Å².